The van der Waals surface area contributed by atoms with Gasteiger partial charge in [0.15, 0.2) is 0 Å². The molecule has 2 unspecified atom stereocenters. The van der Waals surface area contributed by atoms with Crippen molar-refractivity contribution >= 4 is 17.6 Å². The number of methoxy groups -OCH3 is 2. The summed E-state index contributed by atoms with van der Waals surface area (Å²) in [6.07, 6.45) is 4.49. The minimum atomic E-state index is -1.18. The van der Waals surface area contributed by atoms with Crippen LogP contribution >= 0.6 is 0 Å². The number of esters is 2. The number of benzene rings is 1. The van der Waals surface area contributed by atoms with Gasteiger partial charge in [0.25, 0.3) is 0 Å². The van der Waals surface area contributed by atoms with E-state index in [0.29, 0.717) is 0 Å². The van der Waals surface area contributed by atoms with Crippen LogP contribution < -0.4 is 5.32 Å². The average molecular weight is 341 g/mol. The van der Waals surface area contributed by atoms with Crippen LogP contribution in [0, 0.1) is 0 Å². The standard InChI is InChI=1S/C19H19NO5/c1-4-14(20-12-8-6-5-7-9-12)19-11-10-13(25-19)15(17(21)23-2)16(19)18(22)24-3/h4-11,13-14,20H,1H2,2-3H3/t13?,14-,19?/m0/s1. The third kappa shape index (κ3) is 2.64. The molecule has 1 aromatic rings. The third-order valence-electron chi connectivity index (χ3n) is 4.37. The van der Waals surface area contributed by atoms with E-state index in [1.54, 1.807) is 18.2 Å². The lowest BCUT2D eigenvalue weighted by atomic mass is 9.81. The summed E-state index contributed by atoms with van der Waals surface area (Å²) < 4.78 is 15.8. The molecule has 130 valence electrons. The number of para-hydroxylation sites is 1. The Morgan fingerprint density at radius 2 is 1.92 bits per heavy atom. The van der Waals surface area contributed by atoms with Crippen molar-refractivity contribution in [2.24, 2.45) is 0 Å². The highest BCUT2D eigenvalue weighted by Gasteiger charge is 2.57. The van der Waals surface area contributed by atoms with Crippen molar-refractivity contribution in [3.05, 3.63) is 66.3 Å². The van der Waals surface area contributed by atoms with Gasteiger partial charge in [-0.2, -0.15) is 0 Å². The Kier molecular flexibility index (Phi) is 4.46. The number of nitrogens with one attached hydrogen (secondary N) is 1. The largest absolute Gasteiger partial charge is 0.466 e. The Morgan fingerprint density at radius 3 is 2.52 bits per heavy atom. The number of carbonyl (C=O) groups excluding carboxylic acids is 2. The molecule has 3 atom stereocenters. The molecule has 0 saturated carbocycles. The molecule has 2 bridgehead atoms. The number of hydrogen-bond acceptors (Lipinski definition) is 6. The molecule has 2 heterocycles. The van der Waals surface area contributed by atoms with Crippen molar-refractivity contribution in [1.82, 2.24) is 0 Å². The van der Waals surface area contributed by atoms with Crippen molar-refractivity contribution in [3.63, 3.8) is 0 Å². The fourth-order valence-corrected chi connectivity index (χ4v) is 3.26. The van der Waals surface area contributed by atoms with Crippen molar-refractivity contribution in [2.45, 2.75) is 17.7 Å². The SMILES string of the molecule is C=C[C@H](Nc1ccccc1)C12C=CC(O1)C(C(=O)OC)=C2C(=O)OC. The number of anilines is 1. The average Bonchev–Trinajstić information content (AvgIpc) is 3.23. The van der Waals surface area contributed by atoms with Gasteiger partial charge in [-0.05, 0) is 18.2 Å². The maximum atomic E-state index is 12.4. The van der Waals surface area contributed by atoms with Crippen molar-refractivity contribution in [1.29, 1.82) is 0 Å². The van der Waals surface area contributed by atoms with E-state index in [1.807, 2.05) is 30.3 Å². The van der Waals surface area contributed by atoms with Gasteiger partial charge in [-0.3, -0.25) is 0 Å². The van der Waals surface area contributed by atoms with Gasteiger partial charge in [-0.15, -0.1) is 6.58 Å². The molecule has 0 saturated heterocycles. The molecule has 0 spiro atoms. The van der Waals surface area contributed by atoms with Crippen LogP contribution in [0.15, 0.2) is 66.3 Å². The van der Waals surface area contributed by atoms with E-state index < -0.39 is 29.7 Å². The lowest BCUT2D eigenvalue weighted by Gasteiger charge is -2.33. The molecule has 0 radical (unpaired) electrons. The molecule has 1 N–H and O–H groups in total. The first-order valence-corrected chi connectivity index (χ1v) is 7.80. The molecule has 6 nitrogen and oxygen atoms in total. The lowest BCUT2D eigenvalue weighted by Crippen LogP contribution is -2.47. The summed E-state index contributed by atoms with van der Waals surface area (Å²) in [5.74, 6) is -1.24. The molecule has 25 heavy (non-hydrogen) atoms. The third-order valence-corrected chi connectivity index (χ3v) is 4.37. The zero-order valence-corrected chi connectivity index (χ0v) is 14.0. The minimum Gasteiger partial charge on any atom is -0.466 e. The highest BCUT2D eigenvalue weighted by atomic mass is 16.6. The molecule has 0 amide bonds. The van der Waals surface area contributed by atoms with Crippen LogP contribution in [0.1, 0.15) is 0 Å². The van der Waals surface area contributed by atoms with E-state index in [1.165, 1.54) is 14.2 Å². The molecule has 1 aromatic carbocycles. The molecular weight excluding hydrogens is 322 g/mol. The van der Waals surface area contributed by atoms with Gasteiger partial charge in [0.2, 0.25) is 0 Å². The number of carbonyl (C=O) groups is 2. The number of fused-ring (bicyclic) bond motifs is 2. The maximum Gasteiger partial charge on any atom is 0.337 e. The molecule has 0 fully saturated rings. The van der Waals surface area contributed by atoms with Crippen LogP contribution in [-0.4, -0.2) is 43.9 Å². The van der Waals surface area contributed by atoms with Crippen LogP contribution in [0.25, 0.3) is 0 Å². The van der Waals surface area contributed by atoms with E-state index in [4.69, 9.17) is 14.2 Å². The summed E-state index contributed by atoms with van der Waals surface area (Å²) >= 11 is 0. The van der Waals surface area contributed by atoms with E-state index >= 15 is 0 Å². The highest BCUT2D eigenvalue weighted by Crippen LogP contribution is 2.47. The molecule has 6 heteroatoms. The zero-order chi connectivity index (χ0) is 18.0. The quantitative estimate of drug-likeness (QED) is 0.630. The molecule has 0 aliphatic carbocycles. The zero-order valence-electron chi connectivity index (χ0n) is 14.0. The van der Waals surface area contributed by atoms with Gasteiger partial charge < -0.3 is 19.5 Å². The smallest absolute Gasteiger partial charge is 0.337 e. The summed E-state index contributed by atoms with van der Waals surface area (Å²) in [4.78, 5) is 24.6. The second-order valence-electron chi connectivity index (χ2n) is 5.69. The van der Waals surface area contributed by atoms with Gasteiger partial charge in [0, 0.05) is 5.69 Å². The fraction of sp³-hybridized carbons (Fsp3) is 0.263. The number of ether oxygens (including phenoxy) is 3. The van der Waals surface area contributed by atoms with Crippen molar-refractivity contribution < 1.29 is 23.8 Å². The van der Waals surface area contributed by atoms with Crippen molar-refractivity contribution in [2.75, 3.05) is 19.5 Å². The van der Waals surface area contributed by atoms with Crippen LogP contribution in [0.5, 0.6) is 0 Å². The van der Waals surface area contributed by atoms with Gasteiger partial charge in [-0.25, -0.2) is 9.59 Å². The minimum absolute atomic E-state index is 0.141. The Balaban J connectivity index is 2.06. The molecule has 0 aromatic heterocycles. The second kappa shape index (κ2) is 6.57. The number of hydrogen-bond donors (Lipinski definition) is 1. The molecule has 2 aliphatic heterocycles. The monoisotopic (exact) mass is 341 g/mol. The molecule has 3 rings (SSSR count). The van der Waals surface area contributed by atoms with Crippen LogP contribution in [0.3, 0.4) is 0 Å². The van der Waals surface area contributed by atoms with Crippen LogP contribution in [0.2, 0.25) is 0 Å². The first kappa shape index (κ1) is 17.0. The van der Waals surface area contributed by atoms with Crippen molar-refractivity contribution in [3.8, 4) is 0 Å². The summed E-state index contributed by atoms with van der Waals surface area (Å²) in [5.41, 5.74) is -0.0435. The van der Waals surface area contributed by atoms with E-state index in [2.05, 4.69) is 11.9 Å². The fourth-order valence-electron chi connectivity index (χ4n) is 3.26. The van der Waals surface area contributed by atoms with Gasteiger partial charge in [0.1, 0.15) is 11.7 Å². The summed E-state index contributed by atoms with van der Waals surface area (Å²) in [6.45, 7) is 3.86. The Morgan fingerprint density at radius 1 is 1.24 bits per heavy atom. The van der Waals surface area contributed by atoms with Crippen LogP contribution in [0.4, 0.5) is 5.69 Å². The summed E-state index contributed by atoms with van der Waals surface area (Å²) in [7, 11) is 2.53. The molecule has 2 aliphatic rings. The predicted molar refractivity (Wildman–Crippen MR) is 91.9 cm³/mol. The predicted octanol–water partition coefficient (Wildman–Crippen LogP) is 2.00. The van der Waals surface area contributed by atoms with E-state index in [0.717, 1.165) is 5.69 Å². The topological polar surface area (TPSA) is 73.9 Å². The lowest BCUT2D eigenvalue weighted by molar-refractivity contribution is -0.139. The first-order valence-electron chi connectivity index (χ1n) is 7.80. The highest BCUT2D eigenvalue weighted by molar-refractivity contribution is 6.05. The van der Waals surface area contributed by atoms with E-state index in [-0.39, 0.29) is 11.1 Å². The normalized spacial score (nSPS) is 24.8. The Bertz CT molecular complexity index is 767. The number of rotatable bonds is 6. The Labute approximate surface area is 145 Å². The maximum absolute atomic E-state index is 12.4. The Hall–Kier alpha value is -2.86. The summed E-state index contributed by atoms with van der Waals surface area (Å²) in [5, 5.41) is 3.29. The van der Waals surface area contributed by atoms with Gasteiger partial charge in [-0.1, -0.05) is 30.4 Å². The van der Waals surface area contributed by atoms with Gasteiger partial charge >= 0.3 is 11.9 Å². The van der Waals surface area contributed by atoms with Gasteiger partial charge in [0.05, 0.1) is 31.4 Å². The summed E-state index contributed by atoms with van der Waals surface area (Å²) in [6, 6.07) is 8.97. The first-order chi connectivity index (χ1) is 12.1. The van der Waals surface area contributed by atoms with E-state index in [9.17, 15) is 9.59 Å². The van der Waals surface area contributed by atoms with Crippen LogP contribution in [-0.2, 0) is 23.8 Å². The second-order valence-corrected chi connectivity index (χ2v) is 5.69. The molecular formula is C19H19NO5.